The third kappa shape index (κ3) is 2.08. The molecule has 0 aliphatic carbocycles. The molecule has 0 saturated carbocycles. The average molecular weight is 243 g/mol. The minimum atomic E-state index is 0.653. The summed E-state index contributed by atoms with van der Waals surface area (Å²) in [5.41, 5.74) is 1.76. The molecule has 0 atom stereocenters. The van der Waals surface area contributed by atoms with Gasteiger partial charge in [-0.2, -0.15) is 0 Å². The first-order valence-electron chi connectivity index (χ1n) is 4.62. The van der Waals surface area contributed by atoms with Gasteiger partial charge in [0.1, 0.15) is 16.9 Å². The molecule has 0 aromatic carbocycles. The quantitative estimate of drug-likeness (QED) is 0.468. The number of imidazole rings is 1. The molecule has 2 aromatic rings. The largest absolute Gasteiger partial charge is 0.315 e. The van der Waals surface area contributed by atoms with E-state index in [4.69, 9.17) is 11.6 Å². The monoisotopic (exact) mass is 242 g/mol. The molecule has 0 amide bonds. The van der Waals surface area contributed by atoms with Gasteiger partial charge in [-0.3, -0.25) is 0 Å². The van der Waals surface area contributed by atoms with Crippen molar-refractivity contribution in [1.29, 1.82) is 0 Å². The maximum absolute atomic E-state index is 5.66. The normalized spacial score (nSPS) is 11.1. The maximum atomic E-state index is 5.66. The van der Waals surface area contributed by atoms with E-state index in [0.29, 0.717) is 5.88 Å². The third-order valence-corrected chi connectivity index (χ3v) is 3.05. The Balaban J connectivity index is 2.42. The number of hydrogen-bond donors (Lipinski definition) is 0. The van der Waals surface area contributed by atoms with E-state index >= 15 is 0 Å². The number of alkyl halides is 1. The summed E-state index contributed by atoms with van der Waals surface area (Å²) in [6.45, 7) is 0.852. The van der Waals surface area contributed by atoms with Crippen molar-refractivity contribution in [1.82, 2.24) is 19.5 Å². The summed E-state index contributed by atoms with van der Waals surface area (Å²) in [4.78, 5) is 12.7. The van der Waals surface area contributed by atoms with Crippen LogP contribution in [0, 0.1) is 0 Å². The summed E-state index contributed by atoms with van der Waals surface area (Å²) in [6.07, 6.45) is 6.28. The number of thioether (sulfide) groups is 1. The highest BCUT2D eigenvalue weighted by atomic mass is 35.5. The van der Waals surface area contributed by atoms with Gasteiger partial charge in [-0.05, 0) is 12.7 Å². The fourth-order valence-electron chi connectivity index (χ4n) is 1.40. The number of nitrogens with zero attached hydrogens (tertiary/aromatic N) is 4. The first-order chi connectivity index (χ1) is 7.36. The molecule has 0 radical (unpaired) electrons. The lowest BCUT2D eigenvalue weighted by molar-refractivity contribution is 0.694. The van der Waals surface area contributed by atoms with E-state index in [1.54, 1.807) is 24.4 Å². The fourth-order valence-corrected chi connectivity index (χ4v) is 2.01. The first kappa shape index (κ1) is 10.7. The van der Waals surface area contributed by atoms with Gasteiger partial charge in [0.25, 0.3) is 0 Å². The van der Waals surface area contributed by atoms with Crippen molar-refractivity contribution in [2.75, 3.05) is 12.1 Å². The van der Waals surface area contributed by atoms with Crippen LogP contribution in [-0.2, 0) is 6.54 Å². The molecule has 0 bridgehead atoms. The van der Waals surface area contributed by atoms with E-state index in [1.807, 2.05) is 10.8 Å². The molecule has 80 valence electrons. The summed E-state index contributed by atoms with van der Waals surface area (Å²) in [6, 6.07) is 0. The Kier molecular flexibility index (Phi) is 3.43. The minimum absolute atomic E-state index is 0.653. The smallest absolute Gasteiger partial charge is 0.164 e. The zero-order chi connectivity index (χ0) is 10.7. The second-order valence-corrected chi connectivity index (χ2v) is 4.21. The van der Waals surface area contributed by atoms with Crippen LogP contribution >= 0.6 is 23.4 Å². The maximum Gasteiger partial charge on any atom is 0.164 e. The molecule has 2 heterocycles. The van der Waals surface area contributed by atoms with E-state index in [2.05, 4.69) is 15.0 Å². The highest BCUT2D eigenvalue weighted by Gasteiger charge is 2.08. The molecule has 0 spiro atoms. The third-order valence-electron chi connectivity index (χ3n) is 2.09. The van der Waals surface area contributed by atoms with Crippen LogP contribution in [0.15, 0.2) is 17.7 Å². The van der Waals surface area contributed by atoms with Crippen LogP contribution in [-0.4, -0.2) is 31.7 Å². The van der Waals surface area contributed by atoms with Crippen molar-refractivity contribution in [2.24, 2.45) is 0 Å². The number of halogens is 1. The molecule has 0 aliphatic heterocycles. The van der Waals surface area contributed by atoms with Crippen molar-refractivity contribution in [2.45, 2.75) is 18.0 Å². The van der Waals surface area contributed by atoms with Gasteiger partial charge in [0.2, 0.25) is 0 Å². The van der Waals surface area contributed by atoms with E-state index in [0.717, 1.165) is 29.2 Å². The summed E-state index contributed by atoms with van der Waals surface area (Å²) < 4.78 is 2.01. The number of aromatic nitrogens is 4. The molecular weight excluding hydrogens is 232 g/mol. The molecule has 15 heavy (non-hydrogen) atoms. The first-order valence-corrected chi connectivity index (χ1v) is 6.38. The van der Waals surface area contributed by atoms with Crippen LogP contribution in [0.1, 0.15) is 6.42 Å². The zero-order valence-corrected chi connectivity index (χ0v) is 9.92. The number of rotatable bonds is 4. The Morgan fingerprint density at radius 1 is 1.40 bits per heavy atom. The lowest BCUT2D eigenvalue weighted by atomic mass is 10.4. The van der Waals surface area contributed by atoms with Crippen molar-refractivity contribution in [3.8, 4) is 0 Å². The molecule has 4 nitrogen and oxygen atoms in total. The molecular formula is C9H11ClN4S. The highest BCUT2D eigenvalue weighted by Crippen LogP contribution is 2.20. The summed E-state index contributed by atoms with van der Waals surface area (Å²) in [7, 11) is 0. The predicted molar refractivity (Wildman–Crippen MR) is 62.4 cm³/mol. The lowest BCUT2D eigenvalue weighted by Gasteiger charge is -2.01. The second-order valence-electron chi connectivity index (χ2n) is 3.04. The SMILES string of the molecule is CSc1ncnc2c1ncn2CCCCl. The van der Waals surface area contributed by atoms with Gasteiger partial charge < -0.3 is 4.57 Å². The van der Waals surface area contributed by atoms with Crippen LogP contribution in [0.25, 0.3) is 11.2 Å². The van der Waals surface area contributed by atoms with Crippen molar-refractivity contribution < 1.29 is 0 Å². The number of aryl methyl sites for hydroxylation is 1. The summed E-state index contributed by atoms with van der Waals surface area (Å²) in [5.74, 6) is 0.653. The Hall–Kier alpha value is -0.810. The van der Waals surface area contributed by atoms with Gasteiger partial charge in [-0.15, -0.1) is 23.4 Å². The Morgan fingerprint density at radius 2 is 2.27 bits per heavy atom. The van der Waals surface area contributed by atoms with Crippen molar-refractivity contribution in [3.63, 3.8) is 0 Å². The molecule has 2 aromatic heterocycles. The fraction of sp³-hybridized carbons (Fsp3) is 0.444. The predicted octanol–water partition coefficient (Wildman–Crippen LogP) is 2.18. The molecule has 0 saturated heterocycles. The van der Waals surface area contributed by atoms with E-state index in [-0.39, 0.29) is 0 Å². The zero-order valence-electron chi connectivity index (χ0n) is 8.35. The van der Waals surface area contributed by atoms with Gasteiger partial charge in [-0.1, -0.05) is 0 Å². The highest BCUT2D eigenvalue weighted by molar-refractivity contribution is 7.98. The van der Waals surface area contributed by atoms with Gasteiger partial charge in [0.15, 0.2) is 5.65 Å². The minimum Gasteiger partial charge on any atom is -0.315 e. The topological polar surface area (TPSA) is 43.6 Å². The number of fused-ring (bicyclic) bond motifs is 1. The average Bonchev–Trinajstić information content (AvgIpc) is 2.69. The van der Waals surface area contributed by atoms with E-state index < -0.39 is 0 Å². The molecule has 0 N–H and O–H groups in total. The Labute approximate surface area is 97.1 Å². The lowest BCUT2D eigenvalue weighted by Crippen LogP contribution is -1.98. The van der Waals surface area contributed by atoms with Gasteiger partial charge in [0.05, 0.1) is 6.33 Å². The standard InChI is InChI=1S/C9H11ClN4S/c1-15-9-7-8(11-5-12-9)14(6-13-7)4-2-3-10/h5-6H,2-4H2,1H3. The van der Waals surface area contributed by atoms with Gasteiger partial charge in [-0.25, -0.2) is 15.0 Å². The van der Waals surface area contributed by atoms with E-state index in [9.17, 15) is 0 Å². The molecule has 0 fully saturated rings. The molecule has 0 unspecified atom stereocenters. The van der Waals surface area contributed by atoms with Crippen LogP contribution in [0.2, 0.25) is 0 Å². The molecule has 2 rings (SSSR count). The van der Waals surface area contributed by atoms with Crippen LogP contribution in [0.3, 0.4) is 0 Å². The van der Waals surface area contributed by atoms with Crippen molar-refractivity contribution >= 4 is 34.5 Å². The summed E-state index contributed by atoms with van der Waals surface area (Å²) >= 11 is 7.24. The van der Waals surface area contributed by atoms with Crippen LogP contribution in [0.4, 0.5) is 0 Å². The molecule has 0 aliphatic rings. The van der Waals surface area contributed by atoms with Crippen LogP contribution in [0.5, 0.6) is 0 Å². The van der Waals surface area contributed by atoms with Gasteiger partial charge in [0, 0.05) is 12.4 Å². The molecule has 6 heteroatoms. The van der Waals surface area contributed by atoms with Gasteiger partial charge >= 0.3 is 0 Å². The Bertz CT molecular complexity index is 456. The number of hydrogen-bond acceptors (Lipinski definition) is 4. The van der Waals surface area contributed by atoms with E-state index in [1.165, 1.54) is 0 Å². The summed E-state index contributed by atoms with van der Waals surface area (Å²) in [5, 5.41) is 0.921. The second kappa shape index (κ2) is 4.81. The van der Waals surface area contributed by atoms with Crippen LogP contribution < -0.4 is 0 Å². The Morgan fingerprint density at radius 3 is 3.00 bits per heavy atom. The van der Waals surface area contributed by atoms with Crippen molar-refractivity contribution in [3.05, 3.63) is 12.7 Å².